The van der Waals surface area contributed by atoms with Crippen LogP contribution in [-0.2, 0) is 4.79 Å². The van der Waals surface area contributed by atoms with Crippen molar-refractivity contribution in [3.63, 3.8) is 0 Å². The van der Waals surface area contributed by atoms with Gasteiger partial charge in [-0.25, -0.2) is 9.78 Å². The zero-order valence-corrected chi connectivity index (χ0v) is 11.9. The molecule has 0 fully saturated rings. The highest BCUT2D eigenvalue weighted by Gasteiger charge is 2.04. The monoisotopic (exact) mass is 301 g/mol. The number of aromatic nitrogens is 2. The molecular formula is C14H11N3O3S. The van der Waals surface area contributed by atoms with Crippen LogP contribution in [0.25, 0.3) is 17.2 Å². The van der Waals surface area contributed by atoms with Gasteiger partial charge in [0.1, 0.15) is 0 Å². The molecular weight excluding hydrogens is 290 g/mol. The van der Waals surface area contributed by atoms with Crippen molar-refractivity contribution in [2.45, 2.75) is 6.92 Å². The Balaban J connectivity index is 1.73. The summed E-state index contributed by atoms with van der Waals surface area (Å²) in [5.41, 5.74) is 2.31. The molecule has 21 heavy (non-hydrogen) atoms. The molecule has 7 heteroatoms. The van der Waals surface area contributed by atoms with E-state index in [9.17, 15) is 9.59 Å². The molecule has 1 aromatic carbocycles. The Bertz CT molecular complexity index is 888. The van der Waals surface area contributed by atoms with Gasteiger partial charge in [0, 0.05) is 17.1 Å². The molecule has 0 aliphatic rings. The van der Waals surface area contributed by atoms with E-state index in [1.807, 2.05) is 12.3 Å². The van der Waals surface area contributed by atoms with Crippen LogP contribution in [0.1, 0.15) is 10.7 Å². The van der Waals surface area contributed by atoms with Gasteiger partial charge in [0.25, 0.3) is 0 Å². The van der Waals surface area contributed by atoms with E-state index in [0.29, 0.717) is 16.8 Å². The van der Waals surface area contributed by atoms with Crippen LogP contribution >= 0.6 is 11.3 Å². The van der Waals surface area contributed by atoms with Gasteiger partial charge in [-0.15, -0.1) is 11.3 Å². The van der Waals surface area contributed by atoms with Gasteiger partial charge >= 0.3 is 5.76 Å². The van der Waals surface area contributed by atoms with Gasteiger partial charge in [-0.1, -0.05) is 0 Å². The molecule has 6 nitrogen and oxygen atoms in total. The van der Waals surface area contributed by atoms with E-state index >= 15 is 0 Å². The van der Waals surface area contributed by atoms with Gasteiger partial charge in [-0.3, -0.25) is 9.78 Å². The minimum absolute atomic E-state index is 0.272. The third-order valence-corrected chi connectivity index (χ3v) is 3.52. The van der Waals surface area contributed by atoms with Crippen LogP contribution in [-0.4, -0.2) is 15.9 Å². The largest absolute Gasteiger partial charge is 0.417 e. The highest BCUT2D eigenvalue weighted by Crippen LogP contribution is 2.16. The van der Waals surface area contributed by atoms with Crippen LogP contribution in [0.3, 0.4) is 0 Å². The van der Waals surface area contributed by atoms with E-state index in [2.05, 4.69) is 15.3 Å². The molecule has 0 aliphatic carbocycles. The molecule has 2 N–H and O–H groups in total. The van der Waals surface area contributed by atoms with Crippen molar-refractivity contribution < 1.29 is 9.21 Å². The lowest BCUT2D eigenvalue weighted by Crippen LogP contribution is -2.07. The number of carbonyl (C=O) groups is 1. The first-order chi connectivity index (χ1) is 10.1. The highest BCUT2D eigenvalue weighted by molar-refractivity contribution is 7.09. The second kappa shape index (κ2) is 5.37. The summed E-state index contributed by atoms with van der Waals surface area (Å²) in [6, 6.07) is 4.92. The molecule has 2 heterocycles. The maximum absolute atomic E-state index is 11.8. The van der Waals surface area contributed by atoms with Crippen molar-refractivity contribution >= 4 is 40.1 Å². The second-order valence-corrected chi connectivity index (χ2v) is 5.40. The van der Waals surface area contributed by atoms with Crippen molar-refractivity contribution in [3.05, 3.63) is 50.9 Å². The Hall–Kier alpha value is -2.67. The summed E-state index contributed by atoms with van der Waals surface area (Å²) in [5.74, 6) is -0.793. The lowest BCUT2D eigenvalue weighted by Gasteiger charge is -2.00. The first-order valence-electron chi connectivity index (χ1n) is 6.14. The minimum Gasteiger partial charge on any atom is -0.408 e. The highest BCUT2D eigenvalue weighted by atomic mass is 32.1. The number of H-pyrrole nitrogens is 1. The van der Waals surface area contributed by atoms with Crippen molar-refractivity contribution in [1.82, 2.24) is 9.97 Å². The third-order valence-electron chi connectivity index (χ3n) is 2.73. The number of nitrogens with zero attached hydrogens (tertiary/aromatic N) is 1. The number of nitrogens with one attached hydrogen (secondary N) is 2. The number of anilines is 1. The Morgan fingerprint density at radius 2 is 2.33 bits per heavy atom. The lowest BCUT2D eigenvalue weighted by atomic mass is 10.3. The molecule has 0 saturated carbocycles. The number of thiazole rings is 1. The van der Waals surface area contributed by atoms with Crippen LogP contribution in [0.4, 0.5) is 5.69 Å². The fourth-order valence-corrected chi connectivity index (χ4v) is 2.41. The molecule has 3 rings (SSSR count). The average Bonchev–Trinajstić information content (AvgIpc) is 3.01. The van der Waals surface area contributed by atoms with Gasteiger partial charge in [-0.2, -0.15) is 0 Å². The Morgan fingerprint density at radius 1 is 1.48 bits per heavy atom. The molecule has 0 unspecified atom stereocenters. The number of aryl methyl sites for hydroxylation is 1. The summed E-state index contributed by atoms with van der Waals surface area (Å²) in [7, 11) is 0. The number of amides is 1. The second-order valence-electron chi connectivity index (χ2n) is 4.34. The smallest absolute Gasteiger partial charge is 0.408 e. The number of rotatable bonds is 3. The van der Waals surface area contributed by atoms with Crippen molar-refractivity contribution in [2.75, 3.05) is 5.32 Å². The maximum atomic E-state index is 11.8. The molecule has 106 valence electrons. The standard InChI is InChI=1S/C14H11N3O3S/c1-8-15-10(7-21-8)3-5-13(18)16-9-2-4-12-11(6-9)17-14(19)20-12/h2-7H,1H3,(H,16,18)(H,17,19)/b5-3+. The number of hydrogen-bond donors (Lipinski definition) is 2. The number of aromatic amines is 1. The van der Waals surface area contributed by atoms with Crippen LogP contribution in [0.2, 0.25) is 0 Å². The summed E-state index contributed by atoms with van der Waals surface area (Å²) < 4.78 is 4.89. The SMILES string of the molecule is Cc1nc(/C=C/C(=O)Nc2ccc3oc(=O)[nH]c3c2)cs1. The van der Waals surface area contributed by atoms with Crippen LogP contribution < -0.4 is 11.1 Å². The Morgan fingerprint density at radius 3 is 3.10 bits per heavy atom. The first kappa shape index (κ1) is 13.3. The first-order valence-corrected chi connectivity index (χ1v) is 7.02. The average molecular weight is 301 g/mol. The quantitative estimate of drug-likeness (QED) is 0.728. The normalized spacial score (nSPS) is 11.3. The predicted molar refractivity (Wildman–Crippen MR) is 81.3 cm³/mol. The topological polar surface area (TPSA) is 88.0 Å². The Labute approximate surface area is 123 Å². The molecule has 2 aromatic heterocycles. The zero-order chi connectivity index (χ0) is 14.8. The third kappa shape index (κ3) is 3.09. The zero-order valence-electron chi connectivity index (χ0n) is 11.0. The summed E-state index contributed by atoms with van der Waals surface area (Å²) in [6.07, 6.45) is 3.06. The van der Waals surface area contributed by atoms with Crippen LogP contribution in [0.15, 0.2) is 38.9 Å². The van der Waals surface area contributed by atoms with Crippen molar-refractivity contribution in [1.29, 1.82) is 0 Å². The van der Waals surface area contributed by atoms with E-state index in [-0.39, 0.29) is 5.91 Å². The fraction of sp³-hybridized carbons (Fsp3) is 0.0714. The maximum Gasteiger partial charge on any atom is 0.417 e. The van der Waals surface area contributed by atoms with E-state index < -0.39 is 5.76 Å². The van der Waals surface area contributed by atoms with Crippen LogP contribution in [0, 0.1) is 6.92 Å². The van der Waals surface area contributed by atoms with E-state index in [4.69, 9.17) is 4.42 Å². The molecule has 0 aliphatic heterocycles. The van der Waals surface area contributed by atoms with E-state index in [0.717, 1.165) is 10.7 Å². The number of carbonyl (C=O) groups excluding carboxylic acids is 1. The molecule has 0 atom stereocenters. The summed E-state index contributed by atoms with van der Waals surface area (Å²) in [4.78, 5) is 29.6. The molecule has 1 amide bonds. The summed E-state index contributed by atoms with van der Waals surface area (Å²) in [6.45, 7) is 1.91. The number of hydrogen-bond acceptors (Lipinski definition) is 5. The van der Waals surface area contributed by atoms with Gasteiger partial charge in [0.15, 0.2) is 5.58 Å². The van der Waals surface area contributed by atoms with Gasteiger partial charge in [0.2, 0.25) is 5.91 Å². The van der Waals surface area contributed by atoms with Gasteiger partial charge < -0.3 is 9.73 Å². The molecule has 3 aromatic rings. The molecule has 0 bridgehead atoms. The molecule has 0 saturated heterocycles. The van der Waals surface area contributed by atoms with Crippen molar-refractivity contribution in [3.8, 4) is 0 Å². The number of oxazole rings is 1. The van der Waals surface area contributed by atoms with Gasteiger partial charge in [-0.05, 0) is 31.2 Å². The summed E-state index contributed by atoms with van der Waals surface area (Å²) in [5, 5.41) is 5.53. The van der Waals surface area contributed by atoms with Crippen LogP contribution in [0.5, 0.6) is 0 Å². The fourth-order valence-electron chi connectivity index (χ4n) is 1.83. The van der Waals surface area contributed by atoms with E-state index in [1.165, 1.54) is 17.4 Å². The lowest BCUT2D eigenvalue weighted by molar-refractivity contribution is -0.111. The minimum atomic E-state index is -0.521. The number of fused-ring (bicyclic) bond motifs is 1. The molecule has 0 radical (unpaired) electrons. The van der Waals surface area contributed by atoms with Crippen molar-refractivity contribution in [2.24, 2.45) is 0 Å². The summed E-state index contributed by atoms with van der Waals surface area (Å²) >= 11 is 1.53. The Kier molecular flexibility index (Phi) is 3.41. The van der Waals surface area contributed by atoms with E-state index in [1.54, 1.807) is 24.3 Å². The van der Waals surface area contributed by atoms with Gasteiger partial charge in [0.05, 0.1) is 16.2 Å². The predicted octanol–water partition coefficient (Wildman–Crippen LogP) is 2.54. The molecule has 0 spiro atoms. The number of benzene rings is 1.